The molecule has 1 aromatic heterocycles. The van der Waals surface area contributed by atoms with Crippen LogP contribution in [0.3, 0.4) is 0 Å². The lowest BCUT2D eigenvalue weighted by Gasteiger charge is -2.10. The van der Waals surface area contributed by atoms with Crippen LogP contribution in [0.25, 0.3) is 0 Å². The van der Waals surface area contributed by atoms with E-state index in [1.165, 1.54) is 16.2 Å². The van der Waals surface area contributed by atoms with E-state index in [0.29, 0.717) is 0 Å². The van der Waals surface area contributed by atoms with Crippen molar-refractivity contribution in [1.82, 2.24) is 0 Å². The van der Waals surface area contributed by atoms with Crippen LogP contribution in [0.4, 0.5) is 0 Å². The first-order valence-electron chi connectivity index (χ1n) is 5.47. The zero-order valence-corrected chi connectivity index (χ0v) is 10.2. The molecule has 0 bridgehead atoms. The van der Waals surface area contributed by atoms with Crippen molar-refractivity contribution in [2.45, 2.75) is 46.1 Å². The van der Waals surface area contributed by atoms with E-state index >= 15 is 0 Å². The molecule has 0 unspecified atom stereocenters. The van der Waals surface area contributed by atoms with E-state index in [9.17, 15) is 0 Å². The van der Waals surface area contributed by atoms with Gasteiger partial charge in [-0.3, -0.25) is 0 Å². The SMILES string of the molecule is CCc1ccc([C@@H](N)CCC(C)C)s1. The fraction of sp³-hybridized carbons (Fsp3) is 0.667. The van der Waals surface area contributed by atoms with Crippen molar-refractivity contribution in [3.63, 3.8) is 0 Å². The second kappa shape index (κ2) is 5.52. The van der Waals surface area contributed by atoms with Crippen molar-refractivity contribution in [1.29, 1.82) is 0 Å². The van der Waals surface area contributed by atoms with Gasteiger partial charge in [0.05, 0.1) is 0 Å². The van der Waals surface area contributed by atoms with E-state index in [1.54, 1.807) is 0 Å². The molecule has 1 rings (SSSR count). The molecule has 0 radical (unpaired) electrons. The zero-order chi connectivity index (χ0) is 10.6. The predicted molar refractivity (Wildman–Crippen MR) is 64.7 cm³/mol. The molecule has 1 atom stereocenters. The highest BCUT2D eigenvalue weighted by atomic mass is 32.1. The smallest absolute Gasteiger partial charge is 0.0389 e. The van der Waals surface area contributed by atoms with Crippen LogP contribution in [0.2, 0.25) is 0 Å². The van der Waals surface area contributed by atoms with E-state index in [4.69, 9.17) is 5.73 Å². The monoisotopic (exact) mass is 211 g/mol. The number of thiophene rings is 1. The summed E-state index contributed by atoms with van der Waals surface area (Å²) in [6, 6.07) is 4.65. The Hall–Kier alpha value is -0.340. The Kier molecular flexibility index (Phi) is 4.63. The number of nitrogens with two attached hydrogens (primary N) is 1. The van der Waals surface area contributed by atoms with Gasteiger partial charge >= 0.3 is 0 Å². The fourth-order valence-corrected chi connectivity index (χ4v) is 2.43. The molecule has 1 aromatic rings. The van der Waals surface area contributed by atoms with Crippen molar-refractivity contribution in [2.24, 2.45) is 11.7 Å². The van der Waals surface area contributed by atoms with Crippen LogP contribution in [0.5, 0.6) is 0 Å². The second-order valence-electron chi connectivity index (χ2n) is 4.24. The third-order valence-electron chi connectivity index (χ3n) is 2.45. The summed E-state index contributed by atoms with van der Waals surface area (Å²) in [4.78, 5) is 2.79. The van der Waals surface area contributed by atoms with Gasteiger partial charge in [-0.05, 0) is 37.3 Å². The topological polar surface area (TPSA) is 26.0 Å². The standard InChI is InChI=1S/C12H21NS/c1-4-10-6-8-12(14-10)11(13)7-5-9(2)3/h6,8-9,11H,4-5,7,13H2,1-3H3/t11-/m0/s1. The zero-order valence-electron chi connectivity index (χ0n) is 9.42. The van der Waals surface area contributed by atoms with Crippen molar-refractivity contribution >= 4 is 11.3 Å². The number of hydrogen-bond donors (Lipinski definition) is 1. The Balaban J connectivity index is 2.47. The highest BCUT2D eigenvalue weighted by Gasteiger charge is 2.09. The highest BCUT2D eigenvalue weighted by Crippen LogP contribution is 2.26. The van der Waals surface area contributed by atoms with Crippen LogP contribution in [-0.2, 0) is 6.42 Å². The van der Waals surface area contributed by atoms with Gasteiger partial charge in [0.15, 0.2) is 0 Å². The first-order chi connectivity index (χ1) is 6.63. The summed E-state index contributed by atoms with van der Waals surface area (Å²) in [5.41, 5.74) is 6.12. The molecule has 0 amide bonds. The Morgan fingerprint density at radius 3 is 2.50 bits per heavy atom. The van der Waals surface area contributed by atoms with Gasteiger partial charge in [0.25, 0.3) is 0 Å². The van der Waals surface area contributed by atoms with E-state index in [-0.39, 0.29) is 6.04 Å². The molecule has 0 saturated carbocycles. The normalized spacial score (nSPS) is 13.5. The molecule has 2 N–H and O–H groups in total. The Morgan fingerprint density at radius 1 is 1.29 bits per heavy atom. The van der Waals surface area contributed by atoms with Crippen LogP contribution in [0, 0.1) is 5.92 Å². The Morgan fingerprint density at radius 2 is 2.00 bits per heavy atom. The van der Waals surface area contributed by atoms with Crippen molar-refractivity contribution in [3.8, 4) is 0 Å². The van der Waals surface area contributed by atoms with Gasteiger partial charge in [-0.25, -0.2) is 0 Å². The maximum absolute atomic E-state index is 6.12. The second-order valence-corrected chi connectivity index (χ2v) is 5.44. The molecular weight excluding hydrogens is 190 g/mol. The molecule has 2 heteroatoms. The summed E-state index contributed by atoms with van der Waals surface area (Å²) < 4.78 is 0. The minimum atomic E-state index is 0.252. The molecule has 1 nitrogen and oxygen atoms in total. The molecule has 0 aromatic carbocycles. The lowest BCUT2D eigenvalue weighted by atomic mass is 10.0. The van der Waals surface area contributed by atoms with Gasteiger partial charge in [-0.15, -0.1) is 11.3 Å². The molecule has 0 spiro atoms. The van der Waals surface area contributed by atoms with E-state index < -0.39 is 0 Å². The Bertz CT molecular complexity index is 265. The van der Waals surface area contributed by atoms with E-state index in [0.717, 1.165) is 18.8 Å². The third-order valence-corrected chi connectivity index (χ3v) is 3.81. The molecule has 0 aliphatic carbocycles. The summed E-state index contributed by atoms with van der Waals surface area (Å²) in [5, 5.41) is 0. The molecule has 14 heavy (non-hydrogen) atoms. The predicted octanol–water partition coefficient (Wildman–Crippen LogP) is 3.75. The lowest BCUT2D eigenvalue weighted by Crippen LogP contribution is -2.09. The number of rotatable bonds is 5. The first kappa shape index (κ1) is 11.7. The maximum atomic E-state index is 6.12. The number of aryl methyl sites for hydroxylation is 1. The summed E-state index contributed by atoms with van der Waals surface area (Å²) >= 11 is 1.87. The average molecular weight is 211 g/mol. The molecule has 0 fully saturated rings. The number of hydrogen-bond acceptors (Lipinski definition) is 2. The van der Waals surface area contributed by atoms with Gasteiger partial charge in [0, 0.05) is 15.8 Å². The summed E-state index contributed by atoms with van der Waals surface area (Å²) in [6.07, 6.45) is 3.46. The van der Waals surface area contributed by atoms with Crippen LogP contribution in [0.1, 0.15) is 49.4 Å². The van der Waals surface area contributed by atoms with Crippen LogP contribution in [-0.4, -0.2) is 0 Å². The molecule has 0 aliphatic heterocycles. The van der Waals surface area contributed by atoms with Crippen LogP contribution < -0.4 is 5.73 Å². The lowest BCUT2D eigenvalue weighted by molar-refractivity contribution is 0.510. The molecular formula is C12H21NS. The van der Waals surface area contributed by atoms with Crippen molar-refractivity contribution < 1.29 is 0 Å². The molecule has 80 valence electrons. The van der Waals surface area contributed by atoms with E-state index in [1.807, 2.05) is 11.3 Å². The van der Waals surface area contributed by atoms with Gasteiger partial charge in [-0.2, -0.15) is 0 Å². The van der Waals surface area contributed by atoms with Crippen LogP contribution >= 0.6 is 11.3 Å². The fourth-order valence-electron chi connectivity index (χ4n) is 1.44. The average Bonchev–Trinajstić information content (AvgIpc) is 2.62. The summed E-state index contributed by atoms with van der Waals surface area (Å²) in [5.74, 6) is 0.756. The van der Waals surface area contributed by atoms with Gasteiger partial charge in [-0.1, -0.05) is 20.8 Å². The van der Waals surface area contributed by atoms with Crippen molar-refractivity contribution in [3.05, 3.63) is 21.9 Å². The van der Waals surface area contributed by atoms with E-state index in [2.05, 4.69) is 32.9 Å². The Labute approximate surface area is 91.3 Å². The quantitative estimate of drug-likeness (QED) is 0.788. The van der Waals surface area contributed by atoms with Crippen molar-refractivity contribution in [2.75, 3.05) is 0 Å². The molecule has 1 heterocycles. The maximum Gasteiger partial charge on any atom is 0.0389 e. The van der Waals surface area contributed by atoms with Crippen LogP contribution in [0.15, 0.2) is 12.1 Å². The molecule has 0 aliphatic rings. The van der Waals surface area contributed by atoms with Gasteiger partial charge < -0.3 is 5.73 Å². The largest absolute Gasteiger partial charge is 0.323 e. The molecule has 0 saturated heterocycles. The van der Waals surface area contributed by atoms with Gasteiger partial charge in [0.2, 0.25) is 0 Å². The third kappa shape index (κ3) is 3.43. The minimum Gasteiger partial charge on any atom is -0.323 e. The van der Waals surface area contributed by atoms with Gasteiger partial charge in [0.1, 0.15) is 0 Å². The minimum absolute atomic E-state index is 0.252. The summed E-state index contributed by atoms with van der Waals surface area (Å²) in [7, 11) is 0. The highest BCUT2D eigenvalue weighted by molar-refractivity contribution is 7.12. The summed E-state index contributed by atoms with van der Waals surface area (Å²) in [6.45, 7) is 6.69. The first-order valence-corrected chi connectivity index (χ1v) is 6.29.